The first-order valence-electron chi connectivity index (χ1n) is 13.6. The predicted octanol–water partition coefficient (Wildman–Crippen LogP) is 10.1. The molecule has 0 saturated carbocycles. The number of thiol groups is 1. The van der Waals surface area contributed by atoms with Gasteiger partial charge in [-0.15, -0.1) is 23.5 Å². The SMILES string of the molecule is CC(C)(C)OC(=O)CSc1ccc([SH](c2ccc(SCC(=O)OC(C)(C)C)cc2)c2cc(C(F)(F)F)cc(C(F)(F)F)c2)cc1. The molecule has 0 spiro atoms. The van der Waals surface area contributed by atoms with Crippen LogP contribution in [0.1, 0.15) is 52.7 Å². The molecule has 0 radical (unpaired) electrons. The van der Waals surface area contributed by atoms with Gasteiger partial charge in [0.15, 0.2) is 0 Å². The zero-order chi connectivity index (χ0) is 33.8. The quantitative estimate of drug-likeness (QED) is 0.104. The summed E-state index contributed by atoms with van der Waals surface area (Å²) in [5.41, 5.74) is -4.09. The smallest absolute Gasteiger partial charge is 0.416 e. The molecule has 0 N–H and O–H groups in total. The summed E-state index contributed by atoms with van der Waals surface area (Å²) in [5, 5.41) is 0. The predicted molar refractivity (Wildman–Crippen MR) is 166 cm³/mol. The number of hydrogen-bond acceptors (Lipinski definition) is 6. The lowest BCUT2D eigenvalue weighted by Gasteiger charge is -2.26. The molecule has 45 heavy (non-hydrogen) atoms. The van der Waals surface area contributed by atoms with Crippen LogP contribution in [0.4, 0.5) is 26.3 Å². The number of carbonyl (C=O) groups excluding carboxylic acids is 2. The van der Waals surface area contributed by atoms with E-state index in [0.717, 1.165) is 12.1 Å². The number of rotatable bonds is 9. The van der Waals surface area contributed by atoms with Crippen molar-refractivity contribution in [3.05, 3.63) is 77.9 Å². The minimum absolute atomic E-state index is 0.0242. The highest BCUT2D eigenvalue weighted by Crippen LogP contribution is 2.54. The lowest BCUT2D eigenvalue weighted by atomic mass is 10.1. The van der Waals surface area contributed by atoms with E-state index in [1.807, 2.05) is 0 Å². The number of carbonyl (C=O) groups is 2. The van der Waals surface area contributed by atoms with Crippen LogP contribution in [0.25, 0.3) is 0 Å². The Morgan fingerprint density at radius 2 is 0.911 bits per heavy atom. The fourth-order valence-electron chi connectivity index (χ4n) is 3.92. The number of hydrogen-bond donors (Lipinski definition) is 1. The molecule has 3 aromatic carbocycles. The topological polar surface area (TPSA) is 52.6 Å². The first-order valence-corrected chi connectivity index (χ1v) is 16.9. The average molecular weight is 693 g/mol. The molecule has 0 fully saturated rings. The summed E-state index contributed by atoms with van der Waals surface area (Å²) in [4.78, 5) is 26.5. The number of ether oxygens (including phenoxy) is 2. The molecule has 3 aromatic rings. The molecule has 3 rings (SSSR count). The minimum Gasteiger partial charge on any atom is -0.459 e. The van der Waals surface area contributed by atoms with E-state index in [1.165, 1.54) is 23.5 Å². The zero-order valence-electron chi connectivity index (χ0n) is 25.4. The lowest BCUT2D eigenvalue weighted by Crippen LogP contribution is -2.24. The lowest BCUT2D eigenvalue weighted by molar-refractivity contribution is -0.152. The summed E-state index contributed by atoms with van der Waals surface area (Å²) in [6.07, 6.45) is -10.00. The van der Waals surface area contributed by atoms with Crippen molar-refractivity contribution in [1.82, 2.24) is 0 Å². The van der Waals surface area contributed by atoms with Crippen molar-refractivity contribution in [2.24, 2.45) is 0 Å². The van der Waals surface area contributed by atoms with Crippen molar-refractivity contribution in [2.45, 2.75) is 89.6 Å². The Kier molecular flexibility index (Phi) is 11.7. The number of halogens is 6. The Balaban J connectivity index is 1.99. The summed E-state index contributed by atoms with van der Waals surface area (Å²) >= 11 is 2.40. The second-order valence-electron chi connectivity index (χ2n) is 11.8. The van der Waals surface area contributed by atoms with E-state index in [4.69, 9.17) is 9.47 Å². The Morgan fingerprint density at radius 3 is 1.20 bits per heavy atom. The van der Waals surface area contributed by atoms with E-state index in [-0.39, 0.29) is 22.5 Å². The molecular formula is C32H34F6O4S3. The van der Waals surface area contributed by atoms with Gasteiger partial charge in [0.25, 0.3) is 0 Å². The first-order chi connectivity index (χ1) is 20.6. The molecule has 0 aromatic heterocycles. The summed E-state index contributed by atoms with van der Waals surface area (Å²) < 4.78 is 93.3. The summed E-state index contributed by atoms with van der Waals surface area (Å²) in [6.45, 7) is 10.5. The van der Waals surface area contributed by atoms with Crippen LogP contribution in [0.2, 0.25) is 0 Å². The van der Waals surface area contributed by atoms with Crippen molar-refractivity contribution in [3.63, 3.8) is 0 Å². The fourth-order valence-corrected chi connectivity index (χ4v) is 7.59. The van der Waals surface area contributed by atoms with Crippen molar-refractivity contribution in [1.29, 1.82) is 0 Å². The van der Waals surface area contributed by atoms with E-state index in [2.05, 4.69) is 0 Å². The third kappa shape index (κ3) is 11.8. The Morgan fingerprint density at radius 1 is 0.578 bits per heavy atom. The van der Waals surface area contributed by atoms with Crippen LogP contribution < -0.4 is 0 Å². The van der Waals surface area contributed by atoms with Gasteiger partial charge in [0.2, 0.25) is 0 Å². The zero-order valence-corrected chi connectivity index (χ0v) is 28.0. The molecule has 0 bridgehead atoms. The molecular weight excluding hydrogens is 659 g/mol. The number of thioether (sulfide) groups is 2. The Hall–Kier alpha value is -2.77. The van der Waals surface area contributed by atoms with Crippen molar-refractivity contribution in [3.8, 4) is 0 Å². The Bertz CT molecular complexity index is 1370. The maximum absolute atomic E-state index is 13.8. The van der Waals surface area contributed by atoms with Gasteiger partial charge in [-0.25, -0.2) is 0 Å². The second kappa shape index (κ2) is 14.3. The van der Waals surface area contributed by atoms with Gasteiger partial charge in [0, 0.05) is 9.79 Å². The van der Waals surface area contributed by atoms with Crippen LogP contribution in [-0.2, 0) is 31.4 Å². The third-order valence-electron chi connectivity index (χ3n) is 5.57. The standard InChI is InChI=1S/C32H34F6O4S3/c1-29(2,3)41-27(39)18-43-22-7-11-24(12-8-22)45(26-16-20(31(33,34)35)15-21(17-26)32(36,37)38)25-13-9-23(10-14-25)44-19-28(40)42-30(4,5)6/h7-17,45H,18-19H2,1-6H3. The van der Waals surface area contributed by atoms with Crippen molar-refractivity contribution in [2.75, 3.05) is 11.5 Å². The summed E-state index contributed by atoms with van der Waals surface area (Å²) in [6, 6.07) is 14.9. The molecule has 0 saturated heterocycles. The monoisotopic (exact) mass is 692 g/mol. The number of benzene rings is 3. The van der Waals surface area contributed by atoms with E-state index in [0.29, 0.717) is 19.6 Å². The van der Waals surface area contributed by atoms with E-state index in [1.54, 1.807) is 90.1 Å². The van der Waals surface area contributed by atoms with E-state index < -0.39 is 57.5 Å². The van der Waals surface area contributed by atoms with Crippen LogP contribution in [0.15, 0.2) is 91.2 Å². The normalized spacial score (nSPS) is 12.9. The van der Waals surface area contributed by atoms with Gasteiger partial charge in [0.05, 0.1) is 22.6 Å². The minimum atomic E-state index is -5.00. The van der Waals surface area contributed by atoms with Gasteiger partial charge in [-0.05, 0) is 123 Å². The van der Waals surface area contributed by atoms with Gasteiger partial charge in [-0.3, -0.25) is 9.59 Å². The molecule has 0 amide bonds. The second-order valence-corrected chi connectivity index (χ2v) is 16.2. The van der Waals surface area contributed by atoms with Gasteiger partial charge in [0.1, 0.15) is 11.2 Å². The van der Waals surface area contributed by atoms with Crippen LogP contribution in [0.3, 0.4) is 0 Å². The van der Waals surface area contributed by atoms with Crippen LogP contribution >= 0.6 is 34.4 Å². The van der Waals surface area contributed by atoms with Crippen molar-refractivity contribution < 1.29 is 45.4 Å². The van der Waals surface area contributed by atoms with Gasteiger partial charge in [-0.2, -0.15) is 37.2 Å². The first kappa shape index (κ1) is 36.7. The molecule has 0 aliphatic rings. The molecule has 0 aliphatic heterocycles. The highest BCUT2D eigenvalue weighted by Gasteiger charge is 2.37. The molecule has 0 heterocycles. The van der Waals surface area contributed by atoms with E-state index >= 15 is 0 Å². The molecule has 4 nitrogen and oxygen atoms in total. The maximum atomic E-state index is 13.8. The van der Waals surface area contributed by atoms with Crippen LogP contribution in [-0.4, -0.2) is 34.6 Å². The molecule has 246 valence electrons. The van der Waals surface area contributed by atoms with Crippen LogP contribution in [0.5, 0.6) is 0 Å². The van der Waals surface area contributed by atoms with Crippen molar-refractivity contribution >= 4 is 46.4 Å². The third-order valence-corrected chi connectivity index (χ3v) is 9.95. The molecule has 0 atom stereocenters. The number of alkyl halides is 6. The van der Waals surface area contributed by atoms with Gasteiger partial charge >= 0.3 is 24.3 Å². The Labute approximate surface area is 270 Å². The highest BCUT2D eigenvalue weighted by molar-refractivity contribution is 8.17. The summed E-state index contributed by atoms with van der Waals surface area (Å²) in [5.74, 6) is -0.800. The highest BCUT2D eigenvalue weighted by atomic mass is 32.2. The molecule has 13 heteroatoms. The van der Waals surface area contributed by atoms with Gasteiger partial charge in [-0.1, -0.05) is 0 Å². The fraction of sp³-hybridized carbons (Fsp3) is 0.375. The summed E-state index contributed by atoms with van der Waals surface area (Å²) in [7, 11) is -1.88. The van der Waals surface area contributed by atoms with Gasteiger partial charge < -0.3 is 9.47 Å². The average Bonchev–Trinajstić information content (AvgIpc) is 2.89. The largest absolute Gasteiger partial charge is 0.459 e. The molecule has 0 aliphatic carbocycles. The maximum Gasteiger partial charge on any atom is 0.416 e. The van der Waals surface area contributed by atoms with E-state index in [9.17, 15) is 35.9 Å². The van der Waals surface area contributed by atoms with Crippen LogP contribution in [0, 0.1) is 0 Å². The molecule has 0 unspecified atom stereocenters. The number of esters is 2.